The molecule has 2 aliphatic rings. The molecule has 1 unspecified atom stereocenters. The lowest BCUT2D eigenvalue weighted by molar-refractivity contribution is 0.0361. The van der Waals surface area contributed by atoms with E-state index in [1.54, 1.807) is 29.4 Å². The molecule has 1 atom stereocenters. The number of halogens is 2. The van der Waals surface area contributed by atoms with Gasteiger partial charge in [-0.2, -0.15) is 0 Å². The molecule has 0 aliphatic carbocycles. The van der Waals surface area contributed by atoms with Crippen molar-refractivity contribution in [1.82, 2.24) is 9.62 Å². The van der Waals surface area contributed by atoms with E-state index < -0.39 is 10.0 Å². The highest BCUT2D eigenvalue weighted by Crippen LogP contribution is 2.39. The van der Waals surface area contributed by atoms with E-state index in [9.17, 15) is 13.2 Å². The summed E-state index contributed by atoms with van der Waals surface area (Å²) in [4.78, 5) is 12.7. The van der Waals surface area contributed by atoms with Crippen LogP contribution in [-0.4, -0.2) is 56.7 Å². The molecule has 1 aromatic rings. The minimum absolute atomic E-state index is 0.109. The Morgan fingerprint density at radius 3 is 2.62 bits per heavy atom. The third-order valence-corrected chi connectivity index (χ3v) is 8.45. The van der Waals surface area contributed by atoms with Gasteiger partial charge in [0.25, 0.3) is 5.91 Å². The number of carbonyl (C=O) groups is 1. The summed E-state index contributed by atoms with van der Waals surface area (Å²) >= 11 is 12.1. The third kappa shape index (κ3) is 5.64. The fourth-order valence-electron chi connectivity index (χ4n) is 4.20. The minimum atomic E-state index is -3.20. The van der Waals surface area contributed by atoms with Crippen LogP contribution in [-0.2, 0) is 14.8 Å². The molecule has 2 heterocycles. The van der Waals surface area contributed by atoms with Crippen LogP contribution in [0.15, 0.2) is 18.2 Å². The second kappa shape index (κ2) is 9.52. The predicted molar refractivity (Wildman–Crippen MR) is 115 cm³/mol. The molecule has 3 rings (SSSR count). The van der Waals surface area contributed by atoms with Crippen molar-refractivity contribution in [1.29, 1.82) is 0 Å². The van der Waals surface area contributed by atoms with Crippen LogP contribution in [0.5, 0.6) is 0 Å². The zero-order chi connectivity index (χ0) is 21.1. The lowest BCUT2D eigenvalue weighted by atomic mass is 9.74. The molecule has 0 radical (unpaired) electrons. The van der Waals surface area contributed by atoms with E-state index in [1.165, 1.54) is 0 Å². The fourth-order valence-corrected chi connectivity index (χ4v) is 5.80. The Morgan fingerprint density at radius 1 is 1.31 bits per heavy atom. The predicted octanol–water partition coefficient (Wildman–Crippen LogP) is 3.72. The first-order valence-electron chi connectivity index (χ1n) is 10.1. The molecule has 6 nitrogen and oxygen atoms in total. The quantitative estimate of drug-likeness (QED) is 0.669. The molecule has 1 amide bonds. The first-order valence-corrected chi connectivity index (χ1v) is 12.4. The van der Waals surface area contributed by atoms with Crippen molar-refractivity contribution in [2.24, 2.45) is 5.41 Å². The van der Waals surface area contributed by atoms with Gasteiger partial charge in [0.15, 0.2) is 0 Å². The largest absolute Gasteiger partial charge is 0.378 e. The molecule has 2 saturated heterocycles. The molecular weight excluding hydrogens is 435 g/mol. The molecule has 1 aromatic carbocycles. The fraction of sp³-hybridized carbons (Fsp3) is 0.650. The van der Waals surface area contributed by atoms with Crippen LogP contribution in [0.3, 0.4) is 0 Å². The summed E-state index contributed by atoms with van der Waals surface area (Å²) < 4.78 is 31.9. The topological polar surface area (TPSA) is 75.7 Å². The number of piperidine rings is 1. The SMILES string of the molecule is CCS(=O)(=O)N1CCC(CNC(=O)c2ccc(Cl)cc2Cl)(CC2CCCO2)CC1. The van der Waals surface area contributed by atoms with Crippen LogP contribution < -0.4 is 5.32 Å². The Hall–Kier alpha value is -0.860. The number of nitrogens with zero attached hydrogens (tertiary/aromatic N) is 1. The van der Waals surface area contributed by atoms with Gasteiger partial charge < -0.3 is 10.1 Å². The van der Waals surface area contributed by atoms with Crippen molar-refractivity contribution >= 4 is 39.1 Å². The summed E-state index contributed by atoms with van der Waals surface area (Å²) in [5.74, 6) is -0.139. The Morgan fingerprint density at radius 2 is 2.03 bits per heavy atom. The summed E-state index contributed by atoms with van der Waals surface area (Å²) in [6.07, 6.45) is 4.43. The average Bonchev–Trinajstić information content (AvgIpc) is 3.19. The maximum Gasteiger partial charge on any atom is 0.252 e. The van der Waals surface area contributed by atoms with Gasteiger partial charge in [0.2, 0.25) is 10.0 Å². The standard InChI is InChI=1S/C20H28Cl2N2O4S/c1-2-29(26,27)24-9-7-20(8-10-24,13-16-4-3-11-28-16)14-23-19(25)17-6-5-15(21)12-18(17)22/h5-6,12,16H,2-4,7-11,13-14H2,1H3,(H,23,25). The second-order valence-corrected chi connectivity index (χ2v) is 11.0. The smallest absolute Gasteiger partial charge is 0.252 e. The number of nitrogens with one attached hydrogen (secondary N) is 1. The zero-order valence-corrected chi connectivity index (χ0v) is 19.0. The van der Waals surface area contributed by atoms with Gasteiger partial charge in [0.05, 0.1) is 22.4 Å². The number of ether oxygens (including phenoxy) is 1. The van der Waals surface area contributed by atoms with Gasteiger partial charge in [0, 0.05) is 31.3 Å². The van der Waals surface area contributed by atoms with Gasteiger partial charge in [-0.1, -0.05) is 23.2 Å². The molecular formula is C20H28Cl2N2O4S. The van der Waals surface area contributed by atoms with Crippen molar-refractivity contribution in [2.75, 3.05) is 32.0 Å². The number of rotatable bonds is 7. The Balaban J connectivity index is 1.70. The lowest BCUT2D eigenvalue weighted by Gasteiger charge is -2.42. The average molecular weight is 463 g/mol. The van der Waals surface area contributed by atoms with E-state index in [0.29, 0.717) is 48.1 Å². The van der Waals surface area contributed by atoms with Crippen molar-refractivity contribution in [3.63, 3.8) is 0 Å². The Bertz CT molecular complexity index is 833. The van der Waals surface area contributed by atoms with Gasteiger partial charge in [-0.25, -0.2) is 12.7 Å². The number of carbonyl (C=O) groups excluding carboxylic acids is 1. The molecule has 2 aliphatic heterocycles. The zero-order valence-electron chi connectivity index (χ0n) is 16.6. The van der Waals surface area contributed by atoms with E-state index in [2.05, 4.69) is 5.32 Å². The molecule has 162 valence electrons. The summed E-state index contributed by atoms with van der Waals surface area (Å²) in [6.45, 7) is 3.84. The number of sulfonamides is 1. The maximum atomic E-state index is 12.7. The van der Waals surface area contributed by atoms with Crippen LogP contribution in [0, 0.1) is 5.41 Å². The highest BCUT2D eigenvalue weighted by atomic mass is 35.5. The lowest BCUT2D eigenvalue weighted by Crippen LogP contribution is -2.49. The van der Waals surface area contributed by atoms with E-state index in [1.807, 2.05) is 0 Å². The summed E-state index contributed by atoms with van der Waals surface area (Å²) in [5.41, 5.74) is 0.192. The van der Waals surface area contributed by atoms with Gasteiger partial charge in [0.1, 0.15) is 0 Å². The molecule has 0 spiro atoms. The second-order valence-electron chi connectivity index (χ2n) is 7.95. The van der Waals surface area contributed by atoms with Crippen LogP contribution in [0.25, 0.3) is 0 Å². The van der Waals surface area contributed by atoms with E-state index >= 15 is 0 Å². The summed E-state index contributed by atoms with van der Waals surface area (Å²) in [6, 6.07) is 4.80. The van der Waals surface area contributed by atoms with Crippen molar-refractivity contribution in [2.45, 2.75) is 45.1 Å². The van der Waals surface area contributed by atoms with Crippen LogP contribution in [0.1, 0.15) is 49.4 Å². The number of benzene rings is 1. The molecule has 0 aromatic heterocycles. The molecule has 0 saturated carbocycles. The first-order chi connectivity index (χ1) is 13.7. The van der Waals surface area contributed by atoms with Crippen LogP contribution in [0.4, 0.5) is 0 Å². The van der Waals surface area contributed by atoms with Crippen molar-refractivity contribution in [3.05, 3.63) is 33.8 Å². The number of hydrogen-bond acceptors (Lipinski definition) is 4. The molecule has 1 N–H and O–H groups in total. The van der Waals surface area contributed by atoms with E-state index in [-0.39, 0.29) is 23.2 Å². The van der Waals surface area contributed by atoms with Gasteiger partial charge >= 0.3 is 0 Å². The highest BCUT2D eigenvalue weighted by molar-refractivity contribution is 7.89. The summed E-state index contributed by atoms with van der Waals surface area (Å²) in [5, 5.41) is 3.81. The summed E-state index contributed by atoms with van der Waals surface area (Å²) in [7, 11) is -3.20. The van der Waals surface area contributed by atoms with Crippen molar-refractivity contribution < 1.29 is 17.9 Å². The minimum Gasteiger partial charge on any atom is -0.378 e. The number of amides is 1. The maximum absolute atomic E-state index is 12.7. The normalized spacial score (nSPS) is 22.5. The van der Waals surface area contributed by atoms with E-state index in [0.717, 1.165) is 25.9 Å². The molecule has 2 fully saturated rings. The van der Waals surface area contributed by atoms with Gasteiger partial charge in [-0.05, 0) is 62.6 Å². The molecule has 29 heavy (non-hydrogen) atoms. The highest BCUT2D eigenvalue weighted by Gasteiger charge is 2.40. The Kier molecular flexibility index (Phi) is 7.49. The van der Waals surface area contributed by atoms with Crippen molar-refractivity contribution in [3.8, 4) is 0 Å². The Labute approximate surface area is 182 Å². The van der Waals surface area contributed by atoms with Gasteiger partial charge in [-0.15, -0.1) is 0 Å². The molecule has 9 heteroatoms. The van der Waals surface area contributed by atoms with Crippen LogP contribution >= 0.6 is 23.2 Å². The third-order valence-electron chi connectivity index (χ3n) is 6.03. The molecule has 0 bridgehead atoms. The van der Waals surface area contributed by atoms with E-state index in [4.69, 9.17) is 27.9 Å². The first kappa shape index (κ1) is 22.8. The van der Waals surface area contributed by atoms with Crippen LogP contribution in [0.2, 0.25) is 10.0 Å². The van der Waals surface area contributed by atoms with Gasteiger partial charge in [-0.3, -0.25) is 4.79 Å². The number of hydrogen-bond donors (Lipinski definition) is 1. The monoisotopic (exact) mass is 462 g/mol.